The van der Waals surface area contributed by atoms with Crippen molar-refractivity contribution < 1.29 is 4.79 Å². The second-order valence-electron chi connectivity index (χ2n) is 8.98. The van der Waals surface area contributed by atoms with Crippen LogP contribution >= 0.6 is 38.5 Å². The minimum Gasteiger partial charge on any atom is -0.327 e. The third kappa shape index (κ3) is 4.94. The maximum Gasteiger partial charge on any atom is 0.258 e. The maximum absolute atomic E-state index is 13.2. The molecule has 4 rings (SSSR count). The van der Waals surface area contributed by atoms with Gasteiger partial charge < -0.3 is 10.3 Å². The first kappa shape index (κ1) is 22.6. The normalized spacial score (nSPS) is 17.9. The van der Waals surface area contributed by atoms with Gasteiger partial charge in [0.2, 0.25) is 5.91 Å². The molecule has 0 spiro atoms. The Morgan fingerprint density at radius 2 is 2.10 bits per heavy atom. The molecular weight excluding hydrogens is 573 g/mol. The number of carbonyl (C=O) groups excluding carboxylic acids is 1. The number of rotatable bonds is 3. The Hall–Kier alpha value is -1.56. The third-order valence-electron chi connectivity index (χ3n) is 5.28. The first-order valence-electron chi connectivity index (χ1n) is 10.3. The van der Waals surface area contributed by atoms with Crippen molar-refractivity contribution in [3.8, 4) is 0 Å². The molecule has 0 unspecified atom stereocenters. The molecule has 7 nitrogen and oxygen atoms in total. The van der Waals surface area contributed by atoms with Crippen LogP contribution in [0.2, 0.25) is 0 Å². The molecule has 0 radical (unpaired) electrons. The Morgan fingerprint density at radius 1 is 1.32 bits per heavy atom. The average molecular weight is 598 g/mol. The number of aromatic nitrogens is 2. The van der Waals surface area contributed by atoms with Gasteiger partial charge in [0.05, 0.1) is 20.4 Å². The Morgan fingerprint density at radius 3 is 2.84 bits per heavy atom. The van der Waals surface area contributed by atoms with Crippen molar-refractivity contribution in [3.05, 3.63) is 42.8 Å². The molecule has 1 aliphatic rings. The minimum atomic E-state index is -0.194. The number of nitrogens with one attached hydrogen (secondary N) is 3. The zero-order chi connectivity index (χ0) is 22.3. The lowest BCUT2D eigenvalue weighted by atomic mass is 9.97. The van der Waals surface area contributed by atoms with E-state index in [1.807, 2.05) is 18.2 Å². The highest BCUT2D eigenvalue weighted by atomic mass is 127. The molecule has 1 fully saturated rings. The smallest absolute Gasteiger partial charge is 0.258 e. The van der Waals surface area contributed by atoms with Crippen LogP contribution in [0.4, 0.5) is 5.82 Å². The van der Waals surface area contributed by atoms with Gasteiger partial charge in [-0.25, -0.2) is 15.4 Å². The summed E-state index contributed by atoms with van der Waals surface area (Å²) in [4.78, 5) is 33.2. The largest absolute Gasteiger partial charge is 0.327 e. The fourth-order valence-electron chi connectivity index (χ4n) is 4.04. The molecule has 3 N–H and O–H groups in total. The van der Waals surface area contributed by atoms with Gasteiger partial charge in [-0.05, 0) is 74.4 Å². The van der Waals surface area contributed by atoms with Crippen LogP contribution < -0.4 is 16.3 Å². The number of benzene rings is 1. The quantitative estimate of drug-likeness (QED) is 0.308. The van der Waals surface area contributed by atoms with Crippen molar-refractivity contribution in [2.24, 2.45) is 5.92 Å². The lowest BCUT2D eigenvalue weighted by Crippen LogP contribution is -2.54. The number of H-pyrrole nitrogens is 1. The first-order valence-corrected chi connectivity index (χ1v) is 12.1. The van der Waals surface area contributed by atoms with Gasteiger partial charge in [0.15, 0.2) is 0 Å². The second kappa shape index (κ2) is 8.76. The Labute approximate surface area is 202 Å². The number of hydrogen-bond acceptors (Lipinski definition) is 5. The van der Waals surface area contributed by atoms with Crippen molar-refractivity contribution in [1.29, 1.82) is 0 Å². The maximum atomic E-state index is 13.2. The van der Waals surface area contributed by atoms with E-state index in [4.69, 9.17) is 4.98 Å². The highest BCUT2D eigenvalue weighted by Gasteiger charge is 2.28. The molecule has 1 aromatic carbocycles. The molecule has 2 aromatic heterocycles. The van der Waals surface area contributed by atoms with E-state index in [1.54, 1.807) is 6.20 Å². The zero-order valence-corrected chi connectivity index (χ0v) is 21.4. The molecule has 164 valence electrons. The van der Waals surface area contributed by atoms with Gasteiger partial charge >= 0.3 is 0 Å². The van der Waals surface area contributed by atoms with Gasteiger partial charge in [0, 0.05) is 40.1 Å². The lowest BCUT2D eigenvalue weighted by molar-refractivity contribution is -0.122. The number of amides is 1. The van der Waals surface area contributed by atoms with Crippen LogP contribution in [0.25, 0.3) is 21.7 Å². The number of piperidine rings is 1. The Kier molecular flexibility index (Phi) is 6.39. The van der Waals surface area contributed by atoms with Crippen LogP contribution in [-0.2, 0) is 4.79 Å². The number of halogens is 2. The SMILES string of the molecule is CC(C)(C)NN1CCC[C@H](C(=O)Nc2nc3c(I)c[nH]c(=O)c3c3cc(Br)ccc23)C1. The average Bonchev–Trinajstić information content (AvgIpc) is 2.69. The summed E-state index contributed by atoms with van der Waals surface area (Å²) in [6, 6.07) is 5.67. The van der Waals surface area contributed by atoms with E-state index in [2.05, 4.69) is 80.0 Å². The standard InChI is InChI=1S/C22H25BrIN5O2/c1-22(2,3)28-29-8-4-5-12(11-29)20(30)27-19-14-7-6-13(23)9-15(14)17-18(26-19)16(24)10-25-21(17)31/h6-7,9-10,12,28H,4-5,8,11H2,1-3H3,(H,25,31)(H,26,27,30)/t12-/m0/s1. The van der Waals surface area contributed by atoms with Crippen LogP contribution in [0.1, 0.15) is 33.6 Å². The van der Waals surface area contributed by atoms with Gasteiger partial charge in [0.1, 0.15) is 5.82 Å². The van der Waals surface area contributed by atoms with Gasteiger partial charge in [-0.1, -0.05) is 15.9 Å². The number of anilines is 1. The van der Waals surface area contributed by atoms with E-state index in [9.17, 15) is 9.59 Å². The molecular formula is C22H25BrIN5O2. The van der Waals surface area contributed by atoms with E-state index >= 15 is 0 Å². The number of pyridine rings is 2. The van der Waals surface area contributed by atoms with Crippen LogP contribution in [-0.4, -0.2) is 39.5 Å². The minimum absolute atomic E-state index is 0.0451. The summed E-state index contributed by atoms with van der Waals surface area (Å²) in [7, 11) is 0. The number of aromatic amines is 1. The van der Waals surface area contributed by atoms with Gasteiger partial charge in [0.25, 0.3) is 5.56 Å². The first-order chi connectivity index (χ1) is 14.6. The van der Waals surface area contributed by atoms with Gasteiger partial charge in [-0.2, -0.15) is 0 Å². The molecule has 1 aliphatic heterocycles. The van der Waals surface area contributed by atoms with Crippen molar-refractivity contribution in [2.75, 3.05) is 18.4 Å². The van der Waals surface area contributed by atoms with Crippen molar-refractivity contribution >= 4 is 71.9 Å². The fourth-order valence-corrected chi connectivity index (χ4v) is 4.95. The second-order valence-corrected chi connectivity index (χ2v) is 11.1. The number of hydrazine groups is 1. The number of nitrogens with zero attached hydrogens (tertiary/aromatic N) is 2. The van der Waals surface area contributed by atoms with E-state index in [-0.39, 0.29) is 22.9 Å². The van der Waals surface area contributed by atoms with Crippen molar-refractivity contribution in [1.82, 2.24) is 20.4 Å². The molecule has 3 aromatic rings. The zero-order valence-electron chi connectivity index (χ0n) is 17.7. The molecule has 31 heavy (non-hydrogen) atoms. The predicted molar refractivity (Wildman–Crippen MR) is 136 cm³/mol. The molecule has 3 heterocycles. The van der Waals surface area contributed by atoms with E-state index in [0.29, 0.717) is 23.3 Å². The molecule has 0 bridgehead atoms. The van der Waals surface area contributed by atoms with Gasteiger partial charge in [-0.15, -0.1) is 0 Å². The highest BCUT2D eigenvalue weighted by molar-refractivity contribution is 14.1. The van der Waals surface area contributed by atoms with Crippen LogP contribution in [0, 0.1) is 9.49 Å². The summed E-state index contributed by atoms with van der Waals surface area (Å²) in [5.74, 6) is 0.311. The number of carbonyl (C=O) groups is 1. The highest BCUT2D eigenvalue weighted by Crippen LogP contribution is 2.32. The van der Waals surface area contributed by atoms with E-state index in [1.165, 1.54) is 0 Å². The summed E-state index contributed by atoms with van der Waals surface area (Å²) < 4.78 is 1.68. The predicted octanol–water partition coefficient (Wildman–Crippen LogP) is 4.40. The van der Waals surface area contributed by atoms with Crippen LogP contribution in [0.5, 0.6) is 0 Å². The summed E-state index contributed by atoms with van der Waals surface area (Å²) in [5, 5.41) is 7.23. The molecule has 1 amide bonds. The summed E-state index contributed by atoms with van der Waals surface area (Å²) in [6.07, 6.45) is 3.43. The Balaban J connectivity index is 1.70. The fraction of sp³-hybridized carbons (Fsp3) is 0.409. The van der Waals surface area contributed by atoms with E-state index < -0.39 is 0 Å². The lowest BCUT2D eigenvalue weighted by Gasteiger charge is -2.37. The summed E-state index contributed by atoms with van der Waals surface area (Å²) in [5.41, 5.74) is 3.82. The van der Waals surface area contributed by atoms with Crippen molar-refractivity contribution in [3.63, 3.8) is 0 Å². The topological polar surface area (TPSA) is 90.1 Å². The summed E-state index contributed by atoms with van der Waals surface area (Å²) in [6.45, 7) is 7.92. The van der Waals surface area contributed by atoms with Crippen molar-refractivity contribution in [2.45, 2.75) is 39.2 Å². The monoisotopic (exact) mass is 597 g/mol. The molecule has 1 atom stereocenters. The number of fused-ring (bicyclic) bond motifs is 3. The molecule has 0 aliphatic carbocycles. The molecule has 0 saturated carbocycles. The molecule has 9 heteroatoms. The van der Waals surface area contributed by atoms with Gasteiger partial charge in [-0.3, -0.25) is 9.59 Å². The van der Waals surface area contributed by atoms with Crippen LogP contribution in [0.15, 0.2) is 33.7 Å². The molecule has 1 saturated heterocycles. The van der Waals surface area contributed by atoms with E-state index in [0.717, 1.165) is 38.2 Å². The number of hydrogen-bond donors (Lipinski definition) is 3. The Bertz CT molecular complexity index is 1220. The van der Waals surface area contributed by atoms with Crippen LogP contribution in [0.3, 0.4) is 0 Å². The third-order valence-corrected chi connectivity index (χ3v) is 6.59. The summed E-state index contributed by atoms with van der Waals surface area (Å²) >= 11 is 5.65.